The first-order valence-corrected chi connectivity index (χ1v) is 10.5. The van der Waals surface area contributed by atoms with Crippen molar-refractivity contribution in [1.82, 2.24) is 5.32 Å². The molecule has 0 radical (unpaired) electrons. The Balaban J connectivity index is 1.55. The molecular weight excluding hydrogens is 386 g/mol. The van der Waals surface area contributed by atoms with E-state index in [4.69, 9.17) is 5.73 Å². The summed E-state index contributed by atoms with van der Waals surface area (Å²) in [7, 11) is 0. The van der Waals surface area contributed by atoms with Gasteiger partial charge in [-0.3, -0.25) is 4.79 Å². The number of hydrogen-bond donors (Lipinski definition) is 3. The zero-order valence-electron chi connectivity index (χ0n) is 17.9. The zero-order valence-corrected chi connectivity index (χ0v) is 17.9. The molecule has 0 saturated heterocycles. The highest BCUT2D eigenvalue weighted by Gasteiger charge is 2.37. The van der Waals surface area contributed by atoms with Crippen LogP contribution in [-0.2, 0) is 19.5 Å². The Morgan fingerprint density at radius 2 is 1.77 bits per heavy atom. The average Bonchev–Trinajstić information content (AvgIpc) is 3.00. The third-order valence-electron chi connectivity index (χ3n) is 5.79. The van der Waals surface area contributed by atoms with E-state index < -0.39 is 0 Å². The largest absolute Gasteiger partial charge is 0.334 e. The maximum atomic E-state index is 12.6. The van der Waals surface area contributed by atoms with Crippen LogP contribution < -0.4 is 16.4 Å². The third-order valence-corrected chi connectivity index (χ3v) is 5.79. The SMILES string of the molecule is CC1(C)Cc2cc(-c3cc(NC(=O)NCc4ccccc4)ccc3CN)ccc2C1=O. The van der Waals surface area contributed by atoms with E-state index in [9.17, 15) is 9.59 Å². The summed E-state index contributed by atoms with van der Waals surface area (Å²) >= 11 is 0. The average molecular weight is 414 g/mol. The van der Waals surface area contributed by atoms with Crippen molar-refractivity contribution >= 4 is 17.5 Å². The molecule has 0 fully saturated rings. The first-order valence-electron chi connectivity index (χ1n) is 10.5. The molecule has 4 rings (SSSR count). The zero-order chi connectivity index (χ0) is 22.0. The number of carbonyl (C=O) groups excluding carboxylic acids is 2. The number of fused-ring (bicyclic) bond motifs is 1. The maximum Gasteiger partial charge on any atom is 0.319 e. The summed E-state index contributed by atoms with van der Waals surface area (Å²) < 4.78 is 0. The van der Waals surface area contributed by atoms with Crippen LogP contribution in [0.2, 0.25) is 0 Å². The molecule has 0 saturated carbocycles. The van der Waals surface area contributed by atoms with Crippen LogP contribution in [0.25, 0.3) is 11.1 Å². The highest BCUT2D eigenvalue weighted by Crippen LogP contribution is 2.38. The van der Waals surface area contributed by atoms with Crippen LogP contribution in [0.4, 0.5) is 10.5 Å². The van der Waals surface area contributed by atoms with Gasteiger partial charge in [0.05, 0.1) is 0 Å². The van der Waals surface area contributed by atoms with Gasteiger partial charge in [0, 0.05) is 29.8 Å². The van der Waals surface area contributed by atoms with Crippen molar-refractivity contribution in [2.45, 2.75) is 33.4 Å². The fourth-order valence-corrected chi connectivity index (χ4v) is 4.10. The van der Waals surface area contributed by atoms with Crippen LogP contribution in [0.1, 0.15) is 40.9 Å². The number of benzene rings is 3. The summed E-state index contributed by atoms with van der Waals surface area (Å²) in [4.78, 5) is 24.9. The second-order valence-corrected chi connectivity index (χ2v) is 8.63. The molecule has 0 bridgehead atoms. The number of hydrogen-bond acceptors (Lipinski definition) is 3. The van der Waals surface area contributed by atoms with Gasteiger partial charge < -0.3 is 16.4 Å². The monoisotopic (exact) mass is 413 g/mol. The highest BCUT2D eigenvalue weighted by atomic mass is 16.2. The topological polar surface area (TPSA) is 84.2 Å². The van der Waals surface area contributed by atoms with Crippen LogP contribution in [0.3, 0.4) is 0 Å². The lowest BCUT2D eigenvalue weighted by Crippen LogP contribution is -2.28. The molecule has 5 nitrogen and oxygen atoms in total. The number of carbonyl (C=O) groups is 2. The molecule has 1 aliphatic rings. The molecule has 0 aromatic heterocycles. The number of anilines is 1. The minimum atomic E-state index is -0.363. The Kier molecular flexibility index (Phi) is 5.61. The van der Waals surface area contributed by atoms with E-state index in [-0.39, 0.29) is 17.2 Å². The van der Waals surface area contributed by atoms with Gasteiger partial charge in [0.25, 0.3) is 0 Å². The molecule has 0 heterocycles. The number of ketones is 1. The molecule has 5 heteroatoms. The maximum absolute atomic E-state index is 12.6. The van der Waals surface area contributed by atoms with E-state index in [1.807, 2.05) is 74.5 Å². The third kappa shape index (κ3) is 4.37. The van der Waals surface area contributed by atoms with Gasteiger partial charge in [-0.25, -0.2) is 4.79 Å². The molecule has 0 spiro atoms. The van der Waals surface area contributed by atoms with Gasteiger partial charge in [-0.05, 0) is 46.4 Å². The van der Waals surface area contributed by atoms with Gasteiger partial charge in [-0.2, -0.15) is 0 Å². The Morgan fingerprint density at radius 3 is 2.52 bits per heavy atom. The number of nitrogens with one attached hydrogen (secondary N) is 2. The van der Waals surface area contributed by atoms with Crippen molar-refractivity contribution in [1.29, 1.82) is 0 Å². The number of amides is 2. The lowest BCUT2D eigenvalue weighted by atomic mass is 9.89. The normalized spacial score (nSPS) is 14.2. The van der Waals surface area contributed by atoms with E-state index in [0.29, 0.717) is 18.8 Å². The van der Waals surface area contributed by atoms with Gasteiger partial charge in [-0.1, -0.05) is 68.4 Å². The van der Waals surface area contributed by atoms with Crippen molar-refractivity contribution in [3.8, 4) is 11.1 Å². The number of rotatable bonds is 5. The van der Waals surface area contributed by atoms with E-state index in [1.165, 1.54) is 0 Å². The number of urea groups is 1. The second kappa shape index (κ2) is 8.36. The smallest absolute Gasteiger partial charge is 0.319 e. The molecule has 0 aliphatic heterocycles. The number of Topliss-reactive ketones (excluding diaryl/α,β-unsaturated/α-hetero) is 1. The first kappa shape index (κ1) is 20.8. The number of nitrogens with two attached hydrogens (primary N) is 1. The Bertz CT molecular complexity index is 1140. The van der Waals surface area contributed by atoms with Gasteiger partial charge in [0.15, 0.2) is 5.78 Å². The van der Waals surface area contributed by atoms with Crippen molar-refractivity contribution in [3.63, 3.8) is 0 Å². The van der Waals surface area contributed by atoms with E-state index in [2.05, 4.69) is 16.7 Å². The molecule has 4 N–H and O–H groups in total. The molecule has 2 amide bonds. The van der Waals surface area contributed by atoms with Crippen molar-refractivity contribution in [2.24, 2.45) is 11.1 Å². The molecule has 31 heavy (non-hydrogen) atoms. The van der Waals surface area contributed by atoms with Crippen LogP contribution in [-0.4, -0.2) is 11.8 Å². The first-order chi connectivity index (χ1) is 14.9. The fraction of sp³-hybridized carbons (Fsp3) is 0.231. The van der Waals surface area contributed by atoms with Gasteiger partial charge in [0.1, 0.15) is 0 Å². The highest BCUT2D eigenvalue weighted by molar-refractivity contribution is 6.05. The van der Waals surface area contributed by atoms with Crippen molar-refractivity contribution in [3.05, 3.63) is 89.0 Å². The molecule has 158 valence electrons. The van der Waals surface area contributed by atoms with Crippen LogP contribution in [0, 0.1) is 5.41 Å². The Labute approximate surface area is 182 Å². The minimum Gasteiger partial charge on any atom is -0.334 e. The minimum absolute atomic E-state index is 0.193. The van der Waals surface area contributed by atoms with Gasteiger partial charge in [0.2, 0.25) is 0 Å². The van der Waals surface area contributed by atoms with E-state index in [0.717, 1.165) is 39.8 Å². The predicted molar refractivity (Wildman–Crippen MR) is 124 cm³/mol. The second-order valence-electron chi connectivity index (χ2n) is 8.63. The molecule has 3 aromatic carbocycles. The Morgan fingerprint density at radius 1 is 1.00 bits per heavy atom. The molecule has 0 atom stereocenters. The lowest BCUT2D eigenvalue weighted by molar-refractivity contribution is 0.0863. The van der Waals surface area contributed by atoms with Crippen molar-refractivity contribution in [2.75, 3.05) is 5.32 Å². The van der Waals surface area contributed by atoms with Crippen LogP contribution in [0.15, 0.2) is 66.7 Å². The molecular formula is C26H27N3O2. The summed E-state index contributed by atoms with van der Waals surface area (Å²) in [6.07, 6.45) is 0.729. The lowest BCUT2D eigenvalue weighted by Gasteiger charge is -2.14. The van der Waals surface area contributed by atoms with Crippen LogP contribution >= 0.6 is 0 Å². The summed E-state index contributed by atoms with van der Waals surface area (Å²) in [5.74, 6) is 0.193. The van der Waals surface area contributed by atoms with Gasteiger partial charge in [-0.15, -0.1) is 0 Å². The van der Waals surface area contributed by atoms with E-state index in [1.54, 1.807) is 0 Å². The standard InChI is InChI=1S/C26H27N3O2/c1-26(2)14-20-12-18(9-11-22(20)24(26)30)23-13-21(10-8-19(23)15-27)29-25(31)28-16-17-6-4-3-5-7-17/h3-13H,14-16,27H2,1-2H3,(H2,28,29,31). The summed E-state index contributed by atoms with van der Waals surface area (Å²) in [5.41, 5.74) is 12.1. The van der Waals surface area contributed by atoms with Gasteiger partial charge >= 0.3 is 6.03 Å². The molecule has 3 aromatic rings. The summed E-state index contributed by atoms with van der Waals surface area (Å²) in [6.45, 7) is 4.81. The summed E-state index contributed by atoms with van der Waals surface area (Å²) in [5, 5.41) is 5.77. The quantitative estimate of drug-likeness (QED) is 0.556. The molecule has 0 unspecified atom stereocenters. The summed E-state index contributed by atoms with van der Waals surface area (Å²) in [6, 6.07) is 21.2. The fourth-order valence-electron chi connectivity index (χ4n) is 4.10. The van der Waals surface area contributed by atoms with E-state index >= 15 is 0 Å². The molecule has 1 aliphatic carbocycles. The predicted octanol–water partition coefficient (Wildman–Crippen LogP) is 4.90. The van der Waals surface area contributed by atoms with Crippen molar-refractivity contribution < 1.29 is 9.59 Å². The van der Waals surface area contributed by atoms with Crippen LogP contribution in [0.5, 0.6) is 0 Å². The Hall–Kier alpha value is -3.44.